The summed E-state index contributed by atoms with van der Waals surface area (Å²) in [6, 6.07) is 5.35. The number of hydrogen-bond donors (Lipinski definition) is 2. The minimum Gasteiger partial charge on any atom is -0.385 e. The zero-order valence-electron chi connectivity index (χ0n) is 11.8. The Morgan fingerprint density at radius 3 is 3.00 bits per heavy atom. The molecule has 0 amide bonds. The molecule has 0 saturated heterocycles. The lowest BCUT2D eigenvalue weighted by atomic mass is 10.0. The molecule has 20 heavy (non-hydrogen) atoms. The first kappa shape index (κ1) is 15.7. The molecule has 1 aromatic carbocycles. The van der Waals surface area contributed by atoms with Crippen molar-refractivity contribution in [3.63, 3.8) is 0 Å². The molecule has 0 saturated carbocycles. The molecule has 0 fully saturated rings. The number of unbranched alkanes of at least 4 members (excludes halogenated alkanes) is 1. The molecule has 112 valence electrons. The lowest BCUT2D eigenvalue weighted by Crippen LogP contribution is -2.25. The van der Waals surface area contributed by atoms with E-state index in [4.69, 9.17) is 0 Å². The summed E-state index contributed by atoms with van der Waals surface area (Å²) >= 11 is 1.79. The predicted octanol–water partition coefficient (Wildman–Crippen LogP) is 2.47. The zero-order valence-corrected chi connectivity index (χ0v) is 13.4. The summed E-state index contributed by atoms with van der Waals surface area (Å²) in [6.45, 7) is 1.48. The van der Waals surface area contributed by atoms with Crippen LogP contribution in [-0.4, -0.2) is 33.5 Å². The van der Waals surface area contributed by atoms with Gasteiger partial charge in [0.25, 0.3) is 0 Å². The van der Waals surface area contributed by atoms with E-state index in [1.807, 2.05) is 6.07 Å². The number of aryl methyl sites for hydroxylation is 1. The molecule has 1 aliphatic rings. The second-order valence-corrected chi connectivity index (χ2v) is 7.70. The first-order chi connectivity index (χ1) is 9.63. The van der Waals surface area contributed by atoms with Crippen LogP contribution in [0.15, 0.2) is 23.1 Å². The van der Waals surface area contributed by atoms with Crippen LogP contribution in [0.3, 0.4) is 0 Å². The monoisotopic (exact) mass is 314 g/mol. The Balaban J connectivity index is 1.98. The number of hydrogen-bond acceptors (Lipinski definition) is 4. The van der Waals surface area contributed by atoms with E-state index in [1.165, 1.54) is 0 Å². The molecule has 6 heteroatoms. The van der Waals surface area contributed by atoms with E-state index in [0.29, 0.717) is 11.4 Å². The summed E-state index contributed by atoms with van der Waals surface area (Å²) in [5.74, 6) is 1.08. The van der Waals surface area contributed by atoms with Gasteiger partial charge < -0.3 is 5.32 Å². The number of sulfonamides is 1. The largest absolute Gasteiger partial charge is 0.385 e. The van der Waals surface area contributed by atoms with Gasteiger partial charge in [0.1, 0.15) is 0 Å². The first-order valence-electron chi connectivity index (χ1n) is 6.99. The Labute approximate surface area is 125 Å². The molecule has 0 unspecified atom stereocenters. The summed E-state index contributed by atoms with van der Waals surface area (Å²) in [7, 11) is -3.37. The number of anilines is 1. The summed E-state index contributed by atoms with van der Waals surface area (Å²) in [5.41, 5.74) is 2.16. The van der Waals surface area contributed by atoms with Gasteiger partial charge in [0.05, 0.1) is 4.90 Å². The van der Waals surface area contributed by atoms with Crippen LogP contribution < -0.4 is 10.0 Å². The Hall–Kier alpha value is -0.720. The van der Waals surface area contributed by atoms with Gasteiger partial charge in [-0.05, 0) is 61.5 Å². The fraction of sp³-hybridized carbons (Fsp3) is 0.571. The molecule has 0 bridgehead atoms. The van der Waals surface area contributed by atoms with Crippen molar-refractivity contribution in [2.75, 3.05) is 30.4 Å². The van der Waals surface area contributed by atoms with E-state index in [1.54, 1.807) is 23.9 Å². The van der Waals surface area contributed by atoms with Crippen molar-refractivity contribution in [1.82, 2.24) is 4.72 Å². The molecule has 2 N–H and O–H groups in total. The molecule has 0 spiro atoms. The third kappa shape index (κ3) is 4.14. The molecule has 0 aliphatic carbocycles. The molecule has 1 aromatic rings. The van der Waals surface area contributed by atoms with Crippen LogP contribution in [0.1, 0.15) is 24.8 Å². The maximum absolute atomic E-state index is 12.2. The predicted molar refractivity (Wildman–Crippen MR) is 86.1 cm³/mol. The van der Waals surface area contributed by atoms with Gasteiger partial charge >= 0.3 is 0 Å². The number of fused-ring (bicyclic) bond motifs is 1. The molecule has 4 nitrogen and oxygen atoms in total. The topological polar surface area (TPSA) is 58.2 Å². The van der Waals surface area contributed by atoms with E-state index < -0.39 is 10.0 Å². The lowest BCUT2D eigenvalue weighted by molar-refractivity contribution is 0.578. The Morgan fingerprint density at radius 2 is 2.20 bits per heavy atom. The zero-order chi connectivity index (χ0) is 14.4. The minimum atomic E-state index is -3.37. The van der Waals surface area contributed by atoms with Crippen molar-refractivity contribution < 1.29 is 8.42 Å². The van der Waals surface area contributed by atoms with E-state index >= 15 is 0 Å². The fourth-order valence-corrected chi connectivity index (χ4v) is 3.90. The van der Waals surface area contributed by atoms with Crippen LogP contribution in [0.5, 0.6) is 0 Å². The summed E-state index contributed by atoms with van der Waals surface area (Å²) in [5, 5.41) is 3.29. The van der Waals surface area contributed by atoms with Crippen LogP contribution in [-0.2, 0) is 16.4 Å². The van der Waals surface area contributed by atoms with Gasteiger partial charge in [-0.25, -0.2) is 13.1 Å². The van der Waals surface area contributed by atoms with Crippen molar-refractivity contribution >= 4 is 27.5 Å². The third-order valence-corrected chi connectivity index (χ3v) is 5.55. The summed E-state index contributed by atoms with van der Waals surface area (Å²) in [4.78, 5) is 0.379. The van der Waals surface area contributed by atoms with E-state index in [0.717, 1.165) is 49.2 Å². The smallest absolute Gasteiger partial charge is 0.240 e. The maximum Gasteiger partial charge on any atom is 0.240 e. The van der Waals surface area contributed by atoms with E-state index in [-0.39, 0.29) is 0 Å². The Kier molecular flexibility index (Phi) is 5.74. The van der Waals surface area contributed by atoms with Crippen molar-refractivity contribution in [2.45, 2.75) is 30.6 Å². The quantitative estimate of drug-likeness (QED) is 0.759. The summed E-state index contributed by atoms with van der Waals surface area (Å²) < 4.78 is 27.1. The van der Waals surface area contributed by atoms with E-state index in [2.05, 4.69) is 16.3 Å². The molecule has 1 aliphatic heterocycles. The third-order valence-electron chi connectivity index (χ3n) is 3.39. The summed E-state index contributed by atoms with van der Waals surface area (Å²) in [6.07, 6.45) is 5.98. The van der Waals surface area contributed by atoms with Gasteiger partial charge in [0, 0.05) is 18.8 Å². The SMILES string of the molecule is CSCCCCNS(=O)(=O)c1ccc2c(c1)CCCN2. The maximum atomic E-state index is 12.2. The second-order valence-electron chi connectivity index (χ2n) is 4.95. The molecule has 0 atom stereocenters. The fourth-order valence-electron chi connectivity index (χ4n) is 2.28. The van der Waals surface area contributed by atoms with Gasteiger partial charge in [0.2, 0.25) is 10.0 Å². The first-order valence-corrected chi connectivity index (χ1v) is 9.86. The normalized spacial score (nSPS) is 14.7. The highest BCUT2D eigenvalue weighted by molar-refractivity contribution is 7.98. The van der Waals surface area contributed by atoms with Crippen molar-refractivity contribution in [3.8, 4) is 0 Å². The number of benzene rings is 1. The average molecular weight is 314 g/mol. The molecule has 2 rings (SSSR count). The van der Waals surface area contributed by atoms with Crippen molar-refractivity contribution in [3.05, 3.63) is 23.8 Å². The van der Waals surface area contributed by atoms with Crippen LogP contribution in [0.2, 0.25) is 0 Å². The lowest BCUT2D eigenvalue weighted by Gasteiger charge is -2.18. The molecular weight excluding hydrogens is 292 g/mol. The number of rotatable bonds is 7. The molecule has 1 heterocycles. The van der Waals surface area contributed by atoms with Crippen LogP contribution in [0, 0.1) is 0 Å². The van der Waals surface area contributed by atoms with Crippen LogP contribution in [0.4, 0.5) is 5.69 Å². The second kappa shape index (κ2) is 7.33. The number of thioether (sulfide) groups is 1. The standard InChI is InChI=1S/C14H22N2O2S2/c1-19-10-3-2-9-16-20(17,18)13-6-7-14-12(11-13)5-4-8-15-14/h6-7,11,15-16H,2-5,8-10H2,1H3. The minimum absolute atomic E-state index is 0.379. The van der Waals surface area contributed by atoms with Gasteiger partial charge in [-0.2, -0.15) is 11.8 Å². The van der Waals surface area contributed by atoms with Crippen molar-refractivity contribution in [2.24, 2.45) is 0 Å². The van der Waals surface area contributed by atoms with Crippen molar-refractivity contribution in [1.29, 1.82) is 0 Å². The van der Waals surface area contributed by atoms with E-state index in [9.17, 15) is 8.42 Å². The van der Waals surface area contributed by atoms with Gasteiger partial charge in [-0.1, -0.05) is 0 Å². The Morgan fingerprint density at radius 1 is 1.35 bits per heavy atom. The Bertz CT molecular complexity index is 544. The van der Waals surface area contributed by atoms with Gasteiger partial charge in [0.15, 0.2) is 0 Å². The van der Waals surface area contributed by atoms with Gasteiger partial charge in [-0.3, -0.25) is 0 Å². The molecule has 0 aromatic heterocycles. The highest BCUT2D eigenvalue weighted by Crippen LogP contribution is 2.24. The molecular formula is C14H22N2O2S2. The van der Waals surface area contributed by atoms with Crippen LogP contribution >= 0.6 is 11.8 Å². The number of nitrogens with one attached hydrogen (secondary N) is 2. The highest BCUT2D eigenvalue weighted by Gasteiger charge is 2.16. The molecule has 0 radical (unpaired) electrons. The average Bonchev–Trinajstić information content (AvgIpc) is 2.46. The van der Waals surface area contributed by atoms with Crippen LogP contribution in [0.25, 0.3) is 0 Å². The van der Waals surface area contributed by atoms with Gasteiger partial charge in [-0.15, -0.1) is 0 Å². The highest BCUT2D eigenvalue weighted by atomic mass is 32.2.